The number of piperidine rings is 1. The van der Waals surface area contributed by atoms with Crippen molar-refractivity contribution in [2.45, 2.75) is 44.9 Å². The molecule has 2 fully saturated rings. The van der Waals surface area contributed by atoms with Gasteiger partial charge in [-0.3, -0.25) is 0 Å². The van der Waals surface area contributed by atoms with E-state index in [0.29, 0.717) is 19.2 Å². The van der Waals surface area contributed by atoms with Crippen molar-refractivity contribution in [3.8, 4) is 11.8 Å². The van der Waals surface area contributed by atoms with Crippen LogP contribution < -0.4 is 10.1 Å². The zero-order chi connectivity index (χ0) is 23.2. The van der Waals surface area contributed by atoms with E-state index in [2.05, 4.69) is 15.4 Å². The van der Waals surface area contributed by atoms with Gasteiger partial charge in [-0.05, 0) is 50.7 Å². The first-order valence-corrected chi connectivity index (χ1v) is 10.3. The number of hydrogen-bond donors (Lipinski definition) is 2. The number of halogens is 4. The summed E-state index contributed by atoms with van der Waals surface area (Å²) in [6.45, 7) is 4.38. The van der Waals surface area contributed by atoms with E-state index in [1.54, 1.807) is 13.8 Å². The number of carboxylic acid groups (broad SMARTS) is 1. The summed E-state index contributed by atoms with van der Waals surface area (Å²) in [4.78, 5) is 17.0. The lowest BCUT2D eigenvalue weighted by molar-refractivity contribution is -0.140. The summed E-state index contributed by atoms with van der Waals surface area (Å²) in [5, 5.41) is 16.9. The van der Waals surface area contributed by atoms with Crippen LogP contribution in [0.15, 0.2) is 18.2 Å². The van der Waals surface area contributed by atoms with Gasteiger partial charge in [0.15, 0.2) is 11.6 Å². The predicted molar refractivity (Wildman–Crippen MR) is 105 cm³/mol. The zero-order valence-electron chi connectivity index (χ0n) is 17.4. The molecule has 1 aliphatic heterocycles. The lowest BCUT2D eigenvalue weighted by atomic mass is 9.92. The molecule has 1 saturated carbocycles. The quantitative estimate of drug-likeness (QED) is 0.637. The molecule has 8 nitrogen and oxygen atoms in total. The number of aromatic nitrogens is 3. The number of alkyl halides is 3. The van der Waals surface area contributed by atoms with E-state index in [1.165, 1.54) is 9.58 Å². The van der Waals surface area contributed by atoms with Crippen LogP contribution in [0.25, 0.3) is 0 Å². The zero-order valence-corrected chi connectivity index (χ0v) is 17.4. The van der Waals surface area contributed by atoms with Gasteiger partial charge in [-0.2, -0.15) is 18.2 Å². The minimum atomic E-state index is -4.86. The molecular formula is C20H23F4N5O3. The summed E-state index contributed by atoms with van der Waals surface area (Å²) in [7, 11) is 0. The Morgan fingerprint density at radius 2 is 1.91 bits per heavy atom. The SMILES string of the molecule is CC(C)n1nc(N[C@@H]2[C@@H]3CC[C@H]2CN(C(=O)O)C3)nc1Oc1cccc(C(F)(F)F)c1F. The Balaban J connectivity index is 1.56. The lowest BCUT2D eigenvalue weighted by Gasteiger charge is -2.36. The van der Waals surface area contributed by atoms with Crippen LogP contribution in [0.4, 0.5) is 28.3 Å². The molecule has 1 saturated heterocycles. The maximum atomic E-state index is 14.4. The normalized spacial score (nSPS) is 23.0. The molecule has 1 amide bonds. The highest BCUT2D eigenvalue weighted by Crippen LogP contribution is 2.39. The fourth-order valence-electron chi connectivity index (χ4n) is 4.45. The second kappa shape index (κ2) is 8.14. The molecule has 2 aliphatic rings. The van der Waals surface area contributed by atoms with Gasteiger partial charge in [-0.1, -0.05) is 6.07 Å². The van der Waals surface area contributed by atoms with Gasteiger partial charge in [0.2, 0.25) is 5.95 Å². The van der Waals surface area contributed by atoms with Gasteiger partial charge in [0.1, 0.15) is 0 Å². The number of rotatable bonds is 5. The summed E-state index contributed by atoms with van der Waals surface area (Å²) >= 11 is 0. The molecule has 2 N–H and O–H groups in total. The van der Waals surface area contributed by atoms with Gasteiger partial charge in [-0.25, -0.2) is 13.9 Å². The van der Waals surface area contributed by atoms with E-state index in [1.807, 2.05) is 0 Å². The van der Waals surface area contributed by atoms with Crippen LogP contribution in [0.2, 0.25) is 0 Å². The topological polar surface area (TPSA) is 92.5 Å². The maximum absolute atomic E-state index is 14.4. The number of fused-ring (bicyclic) bond motifs is 2. The number of anilines is 1. The van der Waals surface area contributed by atoms with Crippen LogP contribution in [-0.4, -0.2) is 50.0 Å². The number of benzene rings is 1. The van der Waals surface area contributed by atoms with Crippen LogP contribution in [0.5, 0.6) is 11.8 Å². The molecule has 2 aromatic rings. The van der Waals surface area contributed by atoms with Gasteiger partial charge in [0, 0.05) is 19.1 Å². The summed E-state index contributed by atoms with van der Waals surface area (Å²) in [6.07, 6.45) is -4.06. The Hall–Kier alpha value is -3.05. The van der Waals surface area contributed by atoms with Crippen LogP contribution in [-0.2, 0) is 6.18 Å². The largest absolute Gasteiger partial charge is 0.465 e. The third kappa shape index (κ3) is 4.17. The molecule has 174 valence electrons. The number of carbonyl (C=O) groups is 1. The number of hydrogen-bond acceptors (Lipinski definition) is 5. The molecular weight excluding hydrogens is 434 g/mol. The van der Waals surface area contributed by atoms with Crippen LogP contribution in [0.1, 0.15) is 38.3 Å². The highest BCUT2D eigenvalue weighted by Gasteiger charge is 2.44. The Bertz CT molecular complexity index is 996. The van der Waals surface area contributed by atoms with E-state index in [0.717, 1.165) is 25.0 Å². The molecule has 0 spiro atoms. The van der Waals surface area contributed by atoms with Gasteiger partial charge in [0.05, 0.1) is 11.6 Å². The molecule has 1 aromatic heterocycles. The summed E-state index contributed by atoms with van der Waals surface area (Å²) < 4.78 is 60.2. The Labute approximate surface area is 181 Å². The van der Waals surface area contributed by atoms with E-state index < -0.39 is 29.4 Å². The minimum absolute atomic E-state index is 0.0354. The molecule has 2 heterocycles. The monoisotopic (exact) mass is 457 g/mol. The third-order valence-corrected chi connectivity index (χ3v) is 5.96. The highest BCUT2D eigenvalue weighted by atomic mass is 19.4. The van der Waals surface area contributed by atoms with Crippen molar-refractivity contribution in [2.24, 2.45) is 11.8 Å². The van der Waals surface area contributed by atoms with Crippen LogP contribution in [0, 0.1) is 17.7 Å². The van der Waals surface area contributed by atoms with Crippen molar-refractivity contribution in [1.82, 2.24) is 19.7 Å². The summed E-state index contributed by atoms with van der Waals surface area (Å²) in [5.74, 6) is -1.73. The second-order valence-electron chi connectivity index (χ2n) is 8.43. The van der Waals surface area contributed by atoms with E-state index in [9.17, 15) is 27.5 Å². The van der Waals surface area contributed by atoms with Gasteiger partial charge < -0.3 is 20.1 Å². The second-order valence-corrected chi connectivity index (χ2v) is 8.43. The predicted octanol–water partition coefficient (Wildman–Crippen LogP) is 4.61. The van der Waals surface area contributed by atoms with Gasteiger partial charge >= 0.3 is 18.3 Å². The van der Waals surface area contributed by atoms with Crippen LogP contribution in [0.3, 0.4) is 0 Å². The van der Waals surface area contributed by atoms with Crippen molar-refractivity contribution in [1.29, 1.82) is 0 Å². The standard InChI is InChI=1S/C20H23F4N5O3/c1-10(2)29-18(32-14-5-3-4-13(15(14)21)20(22,23)24)26-17(27-29)25-16-11-6-7-12(16)9-28(8-11)19(30)31/h3-5,10-12,16H,6-9H2,1-2H3,(H,25,27)(H,30,31)/t11-,12+,16-. The molecule has 12 heteroatoms. The minimum Gasteiger partial charge on any atom is -0.465 e. The average molecular weight is 457 g/mol. The number of nitrogens with one attached hydrogen (secondary N) is 1. The molecule has 0 radical (unpaired) electrons. The Morgan fingerprint density at radius 3 is 2.47 bits per heavy atom. The van der Waals surface area contributed by atoms with Crippen molar-refractivity contribution >= 4 is 12.0 Å². The van der Waals surface area contributed by atoms with Crippen molar-refractivity contribution in [2.75, 3.05) is 18.4 Å². The highest BCUT2D eigenvalue weighted by molar-refractivity contribution is 5.65. The molecule has 1 aromatic carbocycles. The Morgan fingerprint density at radius 1 is 1.25 bits per heavy atom. The molecule has 2 bridgehead atoms. The van der Waals surface area contributed by atoms with E-state index in [-0.39, 0.29) is 35.9 Å². The molecule has 32 heavy (non-hydrogen) atoms. The number of nitrogens with zero attached hydrogens (tertiary/aromatic N) is 4. The van der Waals surface area contributed by atoms with E-state index >= 15 is 0 Å². The Kier molecular flexibility index (Phi) is 5.63. The van der Waals surface area contributed by atoms with Gasteiger partial charge in [-0.15, -0.1) is 5.10 Å². The van der Waals surface area contributed by atoms with Crippen molar-refractivity contribution in [3.63, 3.8) is 0 Å². The smallest absolute Gasteiger partial charge is 0.419 e. The van der Waals surface area contributed by atoms with E-state index in [4.69, 9.17) is 4.74 Å². The lowest BCUT2D eigenvalue weighted by Crippen LogP contribution is -2.49. The van der Waals surface area contributed by atoms with Crippen molar-refractivity contribution < 1.29 is 32.2 Å². The molecule has 4 rings (SSSR count). The molecule has 3 atom stereocenters. The summed E-state index contributed by atoms with van der Waals surface area (Å²) in [5.41, 5.74) is -1.43. The number of ether oxygens (including phenoxy) is 1. The van der Waals surface area contributed by atoms with Crippen molar-refractivity contribution in [3.05, 3.63) is 29.6 Å². The first-order chi connectivity index (χ1) is 15.0. The maximum Gasteiger partial charge on any atom is 0.419 e. The third-order valence-electron chi connectivity index (χ3n) is 5.96. The average Bonchev–Trinajstić information content (AvgIpc) is 3.19. The molecule has 1 aliphatic carbocycles. The first kappa shape index (κ1) is 22.2. The fraction of sp³-hybridized carbons (Fsp3) is 0.550. The summed E-state index contributed by atoms with van der Waals surface area (Å²) in [6, 6.07) is 2.36. The van der Waals surface area contributed by atoms with Crippen LogP contribution >= 0.6 is 0 Å². The molecule has 0 unspecified atom stereocenters. The fourth-order valence-corrected chi connectivity index (χ4v) is 4.45. The first-order valence-electron chi connectivity index (χ1n) is 10.3. The van der Waals surface area contributed by atoms with Gasteiger partial charge in [0.25, 0.3) is 0 Å². The number of amides is 1. The number of likely N-dealkylation sites (tertiary alicyclic amines) is 1.